The smallest absolute Gasteiger partial charge is 0.193 e. The molecule has 2 rings (SSSR count). The van der Waals surface area contributed by atoms with Crippen LogP contribution in [0.5, 0.6) is 0 Å². The summed E-state index contributed by atoms with van der Waals surface area (Å²) in [7, 11) is 0. The molecule has 104 valence electrons. The summed E-state index contributed by atoms with van der Waals surface area (Å²) in [4.78, 5) is 12.9. The van der Waals surface area contributed by atoms with Crippen molar-refractivity contribution in [1.29, 1.82) is 0 Å². The first kappa shape index (κ1) is 15.3. The van der Waals surface area contributed by atoms with Crippen molar-refractivity contribution in [2.75, 3.05) is 11.5 Å². The SMILES string of the molecule is O=C(CCCCC1SCCCS1)Sc1ccccc1. The third-order valence-corrected chi connectivity index (χ3v) is 6.96. The number of rotatable bonds is 6. The number of carbonyl (C=O) groups is 1. The predicted octanol–water partition coefficient (Wildman–Crippen LogP) is 5.06. The van der Waals surface area contributed by atoms with Crippen LogP contribution in [0.15, 0.2) is 35.2 Å². The molecule has 0 amide bonds. The predicted molar refractivity (Wildman–Crippen MR) is 89.1 cm³/mol. The fourth-order valence-electron chi connectivity index (χ4n) is 1.95. The second kappa shape index (κ2) is 8.98. The number of thioether (sulfide) groups is 3. The molecule has 0 aromatic heterocycles. The largest absolute Gasteiger partial charge is 0.287 e. The number of benzene rings is 1. The summed E-state index contributed by atoms with van der Waals surface area (Å²) in [5, 5.41) is 0.301. The van der Waals surface area contributed by atoms with E-state index in [1.807, 2.05) is 30.3 Å². The molecule has 0 spiro atoms. The van der Waals surface area contributed by atoms with Crippen molar-refractivity contribution >= 4 is 40.4 Å². The van der Waals surface area contributed by atoms with E-state index in [2.05, 4.69) is 23.5 Å². The summed E-state index contributed by atoms with van der Waals surface area (Å²) in [6.45, 7) is 0. The van der Waals surface area contributed by atoms with Gasteiger partial charge in [0.1, 0.15) is 0 Å². The first-order chi connectivity index (χ1) is 9.34. The van der Waals surface area contributed by atoms with Crippen molar-refractivity contribution in [2.45, 2.75) is 41.6 Å². The lowest BCUT2D eigenvalue weighted by Gasteiger charge is -2.20. The van der Waals surface area contributed by atoms with Crippen molar-refractivity contribution in [3.8, 4) is 0 Å². The summed E-state index contributed by atoms with van der Waals surface area (Å²) < 4.78 is 0.783. The van der Waals surface area contributed by atoms with Crippen molar-refractivity contribution in [3.05, 3.63) is 30.3 Å². The summed E-state index contributed by atoms with van der Waals surface area (Å²) in [6, 6.07) is 9.93. The Morgan fingerprint density at radius 2 is 1.89 bits per heavy atom. The maximum atomic E-state index is 11.8. The molecule has 1 heterocycles. The van der Waals surface area contributed by atoms with Crippen LogP contribution in [0.4, 0.5) is 0 Å². The van der Waals surface area contributed by atoms with Gasteiger partial charge in [-0.25, -0.2) is 0 Å². The molecule has 4 heteroatoms. The molecule has 1 aliphatic heterocycles. The Morgan fingerprint density at radius 3 is 2.63 bits per heavy atom. The Kier molecular flexibility index (Phi) is 7.25. The fourth-order valence-corrected chi connectivity index (χ4v) is 5.72. The van der Waals surface area contributed by atoms with Crippen LogP contribution in [-0.2, 0) is 4.79 Å². The highest BCUT2D eigenvalue weighted by atomic mass is 32.2. The van der Waals surface area contributed by atoms with E-state index in [0.29, 0.717) is 11.5 Å². The zero-order chi connectivity index (χ0) is 13.3. The Morgan fingerprint density at radius 1 is 1.16 bits per heavy atom. The molecule has 1 fully saturated rings. The molecule has 1 saturated heterocycles. The van der Waals surface area contributed by atoms with Crippen LogP contribution >= 0.6 is 35.3 Å². The second-order valence-electron chi connectivity index (χ2n) is 4.56. The lowest BCUT2D eigenvalue weighted by atomic mass is 10.2. The lowest BCUT2D eigenvalue weighted by molar-refractivity contribution is -0.111. The summed E-state index contributed by atoms with van der Waals surface area (Å²) >= 11 is 5.58. The maximum Gasteiger partial charge on any atom is 0.193 e. The van der Waals surface area contributed by atoms with Gasteiger partial charge < -0.3 is 0 Å². The summed E-state index contributed by atoms with van der Waals surface area (Å²) in [6.07, 6.45) is 5.56. The third kappa shape index (κ3) is 6.28. The highest BCUT2D eigenvalue weighted by Gasteiger charge is 2.14. The highest BCUT2D eigenvalue weighted by molar-refractivity contribution is 8.17. The van der Waals surface area contributed by atoms with E-state index in [1.165, 1.54) is 42.5 Å². The van der Waals surface area contributed by atoms with Crippen LogP contribution in [0.3, 0.4) is 0 Å². The average molecular weight is 313 g/mol. The van der Waals surface area contributed by atoms with Gasteiger partial charge in [-0.1, -0.05) is 36.4 Å². The number of hydrogen-bond donors (Lipinski definition) is 0. The summed E-state index contributed by atoms with van der Waals surface area (Å²) in [5.41, 5.74) is 0. The van der Waals surface area contributed by atoms with E-state index in [9.17, 15) is 4.79 Å². The normalized spacial score (nSPS) is 16.4. The van der Waals surface area contributed by atoms with Gasteiger partial charge in [0.15, 0.2) is 5.12 Å². The van der Waals surface area contributed by atoms with Crippen molar-refractivity contribution in [3.63, 3.8) is 0 Å². The standard InChI is InChI=1S/C15H20OS3/c16-14(19-13-7-2-1-3-8-13)9-4-5-10-15-17-11-6-12-18-15/h1-3,7-8,15H,4-6,9-12H2. The molecule has 0 bridgehead atoms. The van der Waals surface area contributed by atoms with Gasteiger partial charge >= 0.3 is 0 Å². The van der Waals surface area contributed by atoms with Crippen LogP contribution in [0.1, 0.15) is 32.1 Å². The zero-order valence-electron chi connectivity index (χ0n) is 11.0. The minimum absolute atomic E-state index is 0.301. The molecule has 1 aromatic rings. The lowest BCUT2D eigenvalue weighted by Crippen LogP contribution is -2.06. The monoisotopic (exact) mass is 312 g/mol. The second-order valence-corrected chi connectivity index (χ2v) is 8.61. The molecular weight excluding hydrogens is 292 g/mol. The maximum absolute atomic E-state index is 11.8. The van der Waals surface area contributed by atoms with Crippen LogP contribution in [0.25, 0.3) is 0 Å². The molecular formula is C15H20OS3. The number of unbranched alkanes of at least 4 members (excludes halogenated alkanes) is 1. The Labute approximate surface area is 128 Å². The molecule has 19 heavy (non-hydrogen) atoms. The van der Waals surface area contributed by atoms with Gasteiger partial charge in [-0.05, 0) is 42.9 Å². The van der Waals surface area contributed by atoms with E-state index in [0.717, 1.165) is 15.9 Å². The van der Waals surface area contributed by atoms with Gasteiger partial charge in [-0.2, -0.15) is 0 Å². The molecule has 1 aromatic carbocycles. The van der Waals surface area contributed by atoms with E-state index in [4.69, 9.17) is 0 Å². The molecule has 0 radical (unpaired) electrons. The molecule has 0 N–H and O–H groups in total. The van der Waals surface area contributed by atoms with Gasteiger partial charge in [0.25, 0.3) is 0 Å². The Bertz CT molecular complexity index is 374. The molecule has 0 unspecified atom stereocenters. The zero-order valence-corrected chi connectivity index (χ0v) is 13.5. The van der Waals surface area contributed by atoms with Gasteiger partial charge in [0.2, 0.25) is 0 Å². The number of carbonyl (C=O) groups excluding carboxylic acids is 1. The first-order valence-corrected chi connectivity index (χ1v) is 9.75. The minimum Gasteiger partial charge on any atom is -0.287 e. The Balaban J connectivity index is 1.56. The van der Waals surface area contributed by atoms with Crippen LogP contribution < -0.4 is 0 Å². The molecule has 0 atom stereocenters. The summed E-state index contributed by atoms with van der Waals surface area (Å²) in [5.74, 6) is 2.64. The van der Waals surface area contributed by atoms with Gasteiger partial charge in [0.05, 0.1) is 4.58 Å². The number of hydrogen-bond acceptors (Lipinski definition) is 4. The van der Waals surface area contributed by atoms with Crippen molar-refractivity contribution in [1.82, 2.24) is 0 Å². The fraction of sp³-hybridized carbons (Fsp3) is 0.533. The van der Waals surface area contributed by atoms with Gasteiger partial charge in [-0.3, -0.25) is 4.79 Å². The van der Waals surface area contributed by atoms with Crippen LogP contribution in [-0.4, -0.2) is 21.2 Å². The quantitative estimate of drug-likeness (QED) is 0.539. The minimum atomic E-state index is 0.301. The third-order valence-electron chi connectivity index (χ3n) is 2.94. The van der Waals surface area contributed by atoms with Crippen molar-refractivity contribution in [2.24, 2.45) is 0 Å². The molecule has 1 aliphatic rings. The molecule has 0 saturated carbocycles. The average Bonchev–Trinajstić information content (AvgIpc) is 2.46. The van der Waals surface area contributed by atoms with E-state index in [-0.39, 0.29) is 0 Å². The molecule has 0 aliphatic carbocycles. The topological polar surface area (TPSA) is 17.1 Å². The van der Waals surface area contributed by atoms with E-state index >= 15 is 0 Å². The van der Waals surface area contributed by atoms with Gasteiger partial charge in [0, 0.05) is 11.3 Å². The van der Waals surface area contributed by atoms with Crippen LogP contribution in [0, 0.1) is 0 Å². The van der Waals surface area contributed by atoms with Gasteiger partial charge in [-0.15, -0.1) is 23.5 Å². The van der Waals surface area contributed by atoms with Crippen molar-refractivity contribution < 1.29 is 4.79 Å². The van der Waals surface area contributed by atoms with E-state index in [1.54, 1.807) is 0 Å². The van der Waals surface area contributed by atoms with Crippen LogP contribution in [0.2, 0.25) is 0 Å². The Hall–Kier alpha value is -0.0600. The molecule has 1 nitrogen and oxygen atoms in total. The van der Waals surface area contributed by atoms with E-state index < -0.39 is 0 Å². The first-order valence-electron chi connectivity index (χ1n) is 6.83. The highest BCUT2D eigenvalue weighted by Crippen LogP contribution is 2.34.